The number of hydrogen-bond acceptors (Lipinski definition) is 5. The van der Waals surface area contributed by atoms with Crippen LogP contribution >= 0.6 is 11.3 Å². The fourth-order valence-electron chi connectivity index (χ4n) is 0.791. The summed E-state index contributed by atoms with van der Waals surface area (Å²) in [5.41, 5.74) is 0. The van der Waals surface area contributed by atoms with Gasteiger partial charge in [-0.2, -0.15) is 0 Å². The molecule has 0 fully saturated rings. The summed E-state index contributed by atoms with van der Waals surface area (Å²) in [5.74, 6) is 0. The maximum Gasteiger partial charge on any atom is 0.294 e. The van der Waals surface area contributed by atoms with Gasteiger partial charge in [0.25, 0.3) is 5.19 Å². The van der Waals surface area contributed by atoms with Gasteiger partial charge in [-0.05, 0) is 20.4 Å². The first kappa shape index (κ1) is 10.4. The smallest absolute Gasteiger partial charge is 0.294 e. The Hall–Kier alpha value is -0.680. The Kier molecular flexibility index (Phi) is 4.11. The van der Waals surface area contributed by atoms with Crippen molar-refractivity contribution in [3.8, 4) is 5.19 Å². The van der Waals surface area contributed by atoms with Crippen molar-refractivity contribution in [3.05, 3.63) is 5.01 Å². The summed E-state index contributed by atoms with van der Waals surface area (Å²) in [5, 5.41) is 12.7. The van der Waals surface area contributed by atoms with E-state index in [1.807, 2.05) is 13.8 Å². The standard InChI is InChI=1S/C8H15N3OS/c1-4-9-5-7-10-11-8(13-7)12-6(2)3/h6,9H,4-5H2,1-3H3. The molecule has 13 heavy (non-hydrogen) atoms. The zero-order valence-electron chi connectivity index (χ0n) is 8.20. The van der Waals surface area contributed by atoms with Gasteiger partial charge in [0.1, 0.15) is 5.01 Å². The van der Waals surface area contributed by atoms with Crippen LogP contribution in [0, 0.1) is 0 Å². The molecule has 5 heteroatoms. The number of hydrogen-bond donors (Lipinski definition) is 1. The van der Waals surface area contributed by atoms with E-state index in [9.17, 15) is 0 Å². The lowest BCUT2D eigenvalue weighted by molar-refractivity contribution is 0.239. The molecule has 0 spiro atoms. The van der Waals surface area contributed by atoms with Crippen LogP contribution in [0.5, 0.6) is 5.19 Å². The van der Waals surface area contributed by atoms with E-state index in [1.165, 1.54) is 11.3 Å². The fourth-order valence-corrected chi connectivity index (χ4v) is 1.57. The zero-order valence-corrected chi connectivity index (χ0v) is 9.02. The first-order chi connectivity index (χ1) is 6.22. The third-order valence-electron chi connectivity index (χ3n) is 1.31. The summed E-state index contributed by atoms with van der Waals surface area (Å²) >= 11 is 1.49. The van der Waals surface area contributed by atoms with Crippen molar-refractivity contribution in [2.24, 2.45) is 0 Å². The van der Waals surface area contributed by atoms with Crippen molar-refractivity contribution in [2.45, 2.75) is 33.4 Å². The van der Waals surface area contributed by atoms with Crippen LogP contribution in [0.2, 0.25) is 0 Å². The molecule has 0 aliphatic heterocycles. The van der Waals surface area contributed by atoms with Crippen LogP contribution in [-0.4, -0.2) is 22.8 Å². The second kappa shape index (κ2) is 5.14. The maximum atomic E-state index is 5.39. The monoisotopic (exact) mass is 201 g/mol. The van der Waals surface area contributed by atoms with Gasteiger partial charge in [0, 0.05) is 6.54 Å². The molecule has 0 saturated heterocycles. The quantitative estimate of drug-likeness (QED) is 0.783. The predicted molar refractivity (Wildman–Crippen MR) is 53.1 cm³/mol. The van der Waals surface area contributed by atoms with Gasteiger partial charge >= 0.3 is 0 Å². The van der Waals surface area contributed by atoms with Crippen LogP contribution in [0.25, 0.3) is 0 Å². The van der Waals surface area contributed by atoms with Gasteiger partial charge in [-0.1, -0.05) is 23.4 Å². The molecule has 0 aliphatic rings. The molecular formula is C8H15N3OS. The van der Waals surface area contributed by atoms with E-state index < -0.39 is 0 Å². The van der Waals surface area contributed by atoms with Crippen LogP contribution in [0.3, 0.4) is 0 Å². The average molecular weight is 201 g/mol. The zero-order chi connectivity index (χ0) is 9.68. The van der Waals surface area contributed by atoms with Crippen molar-refractivity contribution in [2.75, 3.05) is 6.54 Å². The van der Waals surface area contributed by atoms with E-state index in [1.54, 1.807) is 0 Å². The lowest BCUT2D eigenvalue weighted by atomic mass is 10.5. The molecule has 1 N–H and O–H groups in total. The Balaban J connectivity index is 2.44. The van der Waals surface area contributed by atoms with Crippen molar-refractivity contribution >= 4 is 11.3 Å². The molecule has 0 saturated carbocycles. The summed E-state index contributed by atoms with van der Waals surface area (Å²) < 4.78 is 5.39. The molecule has 0 aliphatic carbocycles. The molecule has 0 bridgehead atoms. The highest BCUT2D eigenvalue weighted by atomic mass is 32.1. The Morgan fingerprint density at radius 3 is 2.85 bits per heavy atom. The maximum absolute atomic E-state index is 5.39. The Labute approximate surface area is 82.3 Å². The summed E-state index contributed by atoms with van der Waals surface area (Å²) in [6.07, 6.45) is 0.167. The molecule has 1 heterocycles. The second-order valence-corrected chi connectivity index (χ2v) is 3.93. The molecule has 1 aromatic heterocycles. The number of rotatable bonds is 5. The molecule has 0 unspecified atom stereocenters. The van der Waals surface area contributed by atoms with Crippen LogP contribution in [0.15, 0.2) is 0 Å². The minimum Gasteiger partial charge on any atom is -0.466 e. The van der Waals surface area contributed by atoms with Crippen LogP contribution in [-0.2, 0) is 6.54 Å². The molecule has 4 nitrogen and oxygen atoms in total. The van der Waals surface area contributed by atoms with Crippen molar-refractivity contribution < 1.29 is 4.74 Å². The van der Waals surface area contributed by atoms with Gasteiger partial charge in [-0.25, -0.2) is 0 Å². The van der Waals surface area contributed by atoms with Gasteiger partial charge in [0.2, 0.25) is 0 Å². The second-order valence-electron chi connectivity index (χ2n) is 2.91. The van der Waals surface area contributed by atoms with E-state index in [4.69, 9.17) is 4.74 Å². The topological polar surface area (TPSA) is 47.0 Å². The van der Waals surface area contributed by atoms with Gasteiger partial charge in [-0.15, -0.1) is 5.10 Å². The van der Waals surface area contributed by atoms with Gasteiger partial charge < -0.3 is 10.1 Å². The predicted octanol–water partition coefficient (Wildman–Crippen LogP) is 1.43. The summed E-state index contributed by atoms with van der Waals surface area (Å²) in [4.78, 5) is 0. The molecule has 1 rings (SSSR count). The fraction of sp³-hybridized carbons (Fsp3) is 0.750. The van der Waals surface area contributed by atoms with Gasteiger partial charge in [0.15, 0.2) is 0 Å². The Morgan fingerprint density at radius 2 is 2.23 bits per heavy atom. The minimum absolute atomic E-state index is 0.167. The lowest BCUT2D eigenvalue weighted by Gasteiger charge is -2.02. The van der Waals surface area contributed by atoms with Crippen molar-refractivity contribution in [1.29, 1.82) is 0 Å². The van der Waals surface area contributed by atoms with Gasteiger partial charge in [0.05, 0.1) is 6.10 Å². The highest BCUT2D eigenvalue weighted by Gasteiger charge is 2.05. The number of nitrogens with zero attached hydrogens (tertiary/aromatic N) is 2. The molecule has 0 radical (unpaired) electrons. The molecule has 0 atom stereocenters. The van der Waals surface area contributed by atoms with Crippen molar-refractivity contribution in [1.82, 2.24) is 15.5 Å². The molecule has 0 amide bonds. The number of aromatic nitrogens is 2. The van der Waals surface area contributed by atoms with Crippen LogP contribution < -0.4 is 10.1 Å². The summed E-state index contributed by atoms with van der Waals surface area (Å²) in [7, 11) is 0. The lowest BCUT2D eigenvalue weighted by Crippen LogP contribution is -2.11. The first-order valence-corrected chi connectivity index (χ1v) is 5.23. The van der Waals surface area contributed by atoms with E-state index in [0.29, 0.717) is 5.19 Å². The first-order valence-electron chi connectivity index (χ1n) is 4.42. The normalized spacial score (nSPS) is 10.8. The molecule has 1 aromatic rings. The Morgan fingerprint density at radius 1 is 1.46 bits per heavy atom. The summed E-state index contributed by atoms with van der Waals surface area (Å²) in [6.45, 7) is 7.73. The molecule has 0 aromatic carbocycles. The molecule has 74 valence electrons. The highest BCUT2D eigenvalue weighted by Crippen LogP contribution is 2.18. The summed E-state index contributed by atoms with van der Waals surface area (Å²) in [6, 6.07) is 0. The Bertz CT molecular complexity index is 249. The van der Waals surface area contributed by atoms with E-state index in [-0.39, 0.29) is 6.10 Å². The minimum atomic E-state index is 0.167. The van der Waals surface area contributed by atoms with E-state index in [2.05, 4.69) is 22.4 Å². The number of ether oxygens (including phenoxy) is 1. The van der Waals surface area contributed by atoms with E-state index in [0.717, 1.165) is 18.1 Å². The molecular weight excluding hydrogens is 186 g/mol. The van der Waals surface area contributed by atoms with E-state index >= 15 is 0 Å². The van der Waals surface area contributed by atoms with Crippen LogP contribution in [0.4, 0.5) is 0 Å². The largest absolute Gasteiger partial charge is 0.466 e. The average Bonchev–Trinajstić information content (AvgIpc) is 2.48. The van der Waals surface area contributed by atoms with Crippen molar-refractivity contribution in [3.63, 3.8) is 0 Å². The third-order valence-corrected chi connectivity index (χ3v) is 2.13. The van der Waals surface area contributed by atoms with Gasteiger partial charge in [-0.3, -0.25) is 0 Å². The third kappa shape index (κ3) is 3.69. The SMILES string of the molecule is CCNCc1nnc(OC(C)C)s1. The highest BCUT2D eigenvalue weighted by molar-refractivity contribution is 7.13. The number of nitrogens with one attached hydrogen (secondary N) is 1. The van der Waals surface area contributed by atoms with Crippen LogP contribution in [0.1, 0.15) is 25.8 Å².